The normalized spacial score (nSPS) is 15.7. The fourth-order valence-corrected chi connectivity index (χ4v) is 2.17. The molecule has 0 aliphatic heterocycles. The standard InChI is InChI=1S/C10H14O5S/c1-8(11)10(12)15-16(13,14)7-9-5-3-2-4-6-9/h2-6,8,10-12H,7H2,1H3/t8?,10-/m0/s1. The van der Waals surface area contributed by atoms with Gasteiger partial charge in [-0.3, -0.25) is 0 Å². The van der Waals surface area contributed by atoms with Gasteiger partial charge in [-0.25, -0.2) is 4.18 Å². The highest BCUT2D eigenvalue weighted by molar-refractivity contribution is 7.85. The van der Waals surface area contributed by atoms with Crippen molar-refractivity contribution < 1.29 is 22.8 Å². The smallest absolute Gasteiger partial charge is 0.274 e. The van der Waals surface area contributed by atoms with Gasteiger partial charge in [0.2, 0.25) is 0 Å². The molecule has 1 aromatic rings. The molecule has 1 rings (SSSR count). The van der Waals surface area contributed by atoms with Gasteiger partial charge in [-0.1, -0.05) is 30.3 Å². The van der Waals surface area contributed by atoms with Gasteiger partial charge in [0.25, 0.3) is 10.1 Å². The van der Waals surface area contributed by atoms with Crippen molar-refractivity contribution in [3.05, 3.63) is 35.9 Å². The molecule has 0 saturated heterocycles. The van der Waals surface area contributed by atoms with Crippen LogP contribution >= 0.6 is 0 Å². The highest BCUT2D eigenvalue weighted by Crippen LogP contribution is 2.10. The van der Waals surface area contributed by atoms with Gasteiger partial charge in [-0.05, 0) is 12.5 Å². The highest BCUT2D eigenvalue weighted by atomic mass is 32.2. The van der Waals surface area contributed by atoms with Gasteiger partial charge in [-0.2, -0.15) is 8.42 Å². The maximum atomic E-state index is 11.4. The van der Waals surface area contributed by atoms with Crippen LogP contribution < -0.4 is 0 Å². The van der Waals surface area contributed by atoms with Crippen LogP contribution in [0.1, 0.15) is 12.5 Å². The van der Waals surface area contributed by atoms with Gasteiger partial charge >= 0.3 is 0 Å². The first-order valence-electron chi connectivity index (χ1n) is 4.72. The van der Waals surface area contributed by atoms with Crippen molar-refractivity contribution in [3.8, 4) is 0 Å². The first-order chi connectivity index (χ1) is 7.41. The molecule has 1 aromatic carbocycles. The molecule has 0 heterocycles. The SMILES string of the molecule is CC(O)[C@@H](O)OS(=O)(=O)Cc1ccccc1. The summed E-state index contributed by atoms with van der Waals surface area (Å²) in [7, 11) is -3.89. The molecule has 6 heteroatoms. The lowest BCUT2D eigenvalue weighted by Crippen LogP contribution is -2.29. The second-order valence-corrected chi connectivity index (χ2v) is 5.01. The number of hydrogen-bond donors (Lipinski definition) is 2. The van der Waals surface area contributed by atoms with Crippen LogP contribution in [0.2, 0.25) is 0 Å². The molecule has 0 amide bonds. The summed E-state index contributed by atoms with van der Waals surface area (Å²) in [5.74, 6) is -0.336. The summed E-state index contributed by atoms with van der Waals surface area (Å²) >= 11 is 0. The molecule has 2 atom stereocenters. The van der Waals surface area contributed by atoms with Gasteiger partial charge in [0.05, 0.1) is 0 Å². The lowest BCUT2D eigenvalue weighted by Gasteiger charge is -2.14. The Morgan fingerprint density at radius 2 is 1.81 bits per heavy atom. The van der Waals surface area contributed by atoms with Gasteiger partial charge in [0.1, 0.15) is 11.9 Å². The van der Waals surface area contributed by atoms with Gasteiger partial charge in [0, 0.05) is 0 Å². The van der Waals surface area contributed by atoms with Crippen LogP contribution in [-0.2, 0) is 20.1 Å². The number of aliphatic hydroxyl groups is 2. The molecule has 90 valence electrons. The first kappa shape index (κ1) is 13.1. The Bertz CT molecular complexity index is 412. The molecule has 0 spiro atoms. The van der Waals surface area contributed by atoms with Crippen LogP contribution in [0.5, 0.6) is 0 Å². The first-order valence-corrected chi connectivity index (χ1v) is 6.29. The van der Waals surface area contributed by atoms with Crippen LogP contribution in [0.25, 0.3) is 0 Å². The molecular formula is C10H14O5S. The summed E-state index contributed by atoms with van der Waals surface area (Å²) in [5, 5.41) is 18.0. The molecular weight excluding hydrogens is 232 g/mol. The molecule has 0 radical (unpaired) electrons. The van der Waals surface area contributed by atoms with Gasteiger partial charge < -0.3 is 10.2 Å². The Labute approximate surface area is 94.4 Å². The molecule has 1 unspecified atom stereocenters. The molecule has 0 saturated carbocycles. The quantitative estimate of drug-likeness (QED) is 0.574. The lowest BCUT2D eigenvalue weighted by molar-refractivity contribution is -0.0923. The third-order valence-corrected chi connectivity index (χ3v) is 3.02. The molecule has 0 aliphatic carbocycles. The van der Waals surface area contributed by atoms with E-state index in [9.17, 15) is 8.42 Å². The van der Waals surface area contributed by atoms with Crippen LogP contribution in [0.3, 0.4) is 0 Å². The zero-order valence-corrected chi connectivity index (χ0v) is 9.59. The predicted molar refractivity (Wildman–Crippen MR) is 57.8 cm³/mol. The molecule has 0 aliphatic rings. The molecule has 0 fully saturated rings. The molecule has 0 aromatic heterocycles. The second kappa shape index (κ2) is 5.40. The molecule has 5 nitrogen and oxygen atoms in total. The maximum absolute atomic E-state index is 11.4. The Hall–Kier alpha value is -0.950. The lowest BCUT2D eigenvalue weighted by atomic mass is 10.2. The average molecular weight is 246 g/mol. The van der Waals surface area contributed by atoms with Crippen LogP contribution in [0.4, 0.5) is 0 Å². The van der Waals surface area contributed by atoms with Crippen molar-refractivity contribution in [1.29, 1.82) is 0 Å². The van der Waals surface area contributed by atoms with Crippen molar-refractivity contribution in [2.45, 2.75) is 25.1 Å². The average Bonchev–Trinajstić information content (AvgIpc) is 2.17. The largest absolute Gasteiger partial charge is 0.388 e. The summed E-state index contributed by atoms with van der Waals surface area (Å²) in [6, 6.07) is 8.44. The van der Waals surface area contributed by atoms with E-state index in [1.807, 2.05) is 0 Å². The van der Waals surface area contributed by atoms with E-state index in [1.54, 1.807) is 30.3 Å². The molecule has 0 bridgehead atoms. The van der Waals surface area contributed by atoms with Gasteiger partial charge in [-0.15, -0.1) is 0 Å². The zero-order valence-electron chi connectivity index (χ0n) is 8.78. The molecule has 2 N–H and O–H groups in total. The second-order valence-electron chi connectivity index (χ2n) is 3.42. The van der Waals surface area contributed by atoms with Crippen molar-refractivity contribution in [2.24, 2.45) is 0 Å². The van der Waals surface area contributed by atoms with Crippen LogP contribution in [0.15, 0.2) is 30.3 Å². The monoisotopic (exact) mass is 246 g/mol. The highest BCUT2D eigenvalue weighted by Gasteiger charge is 2.21. The number of benzene rings is 1. The third kappa shape index (κ3) is 4.28. The fraction of sp³-hybridized carbons (Fsp3) is 0.400. The third-order valence-electron chi connectivity index (χ3n) is 1.84. The Morgan fingerprint density at radius 1 is 1.25 bits per heavy atom. The summed E-state index contributed by atoms with van der Waals surface area (Å²) in [4.78, 5) is 0. The number of aliphatic hydroxyl groups excluding tert-OH is 2. The van der Waals surface area contributed by atoms with E-state index < -0.39 is 22.5 Å². The van der Waals surface area contributed by atoms with E-state index in [-0.39, 0.29) is 5.75 Å². The molecule has 16 heavy (non-hydrogen) atoms. The van der Waals surface area contributed by atoms with E-state index in [0.29, 0.717) is 5.56 Å². The van der Waals surface area contributed by atoms with E-state index >= 15 is 0 Å². The van der Waals surface area contributed by atoms with Crippen molar-refractivity contribution in [1.82, 2.24) is 0 Å². The van der Waals surface area contributed by atoms with Crippen LogP contribution in [0, 0.1) is 0 Å². The van der Waals surface area contributed by atoms with Crippen LogP contribution in [-0.4, -0.2) is 31.0 Å². The van der Waals surface area contributed by atoms with Crippen molar-refractivity contribution in [2.75, 3.05) is 0 Å². The van der Waals surface area contributed by atoms with Gasteiger partial charge in [0.15, 0.2) is 6.29 Å². The minimum absolute atomic E-state index is 0.336. The fourth-order valence-electron chi connectivity index (χ4n) is 1.04. The number of hydrogen-bond acceptors (Lipinski definition) is 5. The zero-order chi connectivity index (χ0) is 12.2. The Balaban J connectivity index is 2.66. The predicted octanol–water partition coefficient (Wildman–Crippen LogP) is 0.232. The van der Waals surface area contributed by atoms with E-state index in [4.69, 9.17) is 10.2 Å². The van der Waals surface area contributed by atoms with E-state index in [0.717, 1.165) is 0 Å². The van der Waals surface area contributed by atoms with E-state index in [2.05, 4.69) is 4.18 Å². The minimum Gasteiger partial charge on any atom is -0.388 e. The Kier molecular flexibility index (Phi) is 4.43. The summed E-state index contributed by atoms with van der Waals surface area (Å²) in [6.07, 6.45) is -2.99. The van der Waals surface area contributed by atoms with Crippen molar-refractivity contribution >= 4 is 10.1 Å². The maximum Gasteiger partial charge on any atom is 0.274 e. The minimum atomic E-state index is -3.89. The summed E-state index contributed by atoms with van der Waals surface area (Å²) in [6.45, 7) is 1.24. The summed E-state index contributed by atoms with van der Waals surface area (Å²) < 4.78 is 27.2. The van der Waals surface area contributed by atoms with E-state index in [1.165, 1.54) is 6.92 Å². The Morgan fingerprint density at radius 3 is 2.31 bits per heavy atom. The number of rotatable bonds is 5. The summed E-state index contributed by atoms with van der Waals surface area (Å²) in [5.41, 5.74) is 0.556. The van der Waals surface area contributed by atoms with Crippen molar-refractivity contribution in [3.63, 3.8) is 0 Å². The topological polar surface area (TPSA) is 83.8 Å².